The summed E-state index contributed by atoms with van der Waals surface area (Å²) in [6.45, 7) is 0. The lowest BCUT2D eigenvalue weighted by atomic mass is 9.96. The first kappa shape index (κ1) is 15.6. The van der Waals surface area contributed by atoms with Crippen LogP contribution in [0.15, 0.2) is 103 Å². The molecule has 0 aliphatic heterocycles. The molecule has 2 aromatic heterocycles. The monoisotopic (exact) mass is 346 g/mol. The Bertz CT molecular complexity index is 1190. The molecule has 0 aliphatic rings. The van der Waals surface area contributed by atoms with Gasteiger partial charge in [0.1, 0.15) is 5.65 Å². The van der Waals surface area contributed by atoms with Crippen molar-refractivity contribution in [3.63, 3.8) is 0 Å². The van der Waals surface area contributed by atoms with Crippen molar-refractivity contribution < 1.29 is 0 Å². The van der Waals surface area contributed by atoms with Gasteiger partial charge in [-0.05, 0) is 34.4 Å². The van der Waals surface area contributed by atoms with Crippen molar-refractivity contribution in [2.24, 2.45) is 0 Å². The van der Waals surface area contributed by atoms with Crippen molar-refractivity contribution in [2.45, 2.75) is 0 Å². The van der Waals surface area contributed by atoms with E-state index in [1.54, 1.807) is 0 Å². The van der Waals surface area contributed by atoms with Gasteiger partial charge in [-0.15, -0.1) is 0 Å². The molecule has 0 saturated heterocycles. The molecule has 2 nitrogen and oxygen atoms in total. The summed E-state index contributed by atoms with van der Waals surface area (Å²) < 4.78 is 0. The minimum Gasteiger partial charge on any atom is -0.339 e. The molecule has 5 aromatic rings. The Labute approximate surface area is 158 Å². The Kier molecular flexibility index (Phi) is 3.80. The predicted molar refractivity (Wildman–Crippen MR) is 112 cm³/mol. The fraction of sp³-hybridized carbons (Fsp3) is 0. The van der Waals surface area contributed by atoms with Gasteiger partial charge in [-0.1, -0.05) is 84.9 Å². The average Bonchev–Trinajstić information content (AvgIpc) is 3.15. The van der Waals surface area contributed by atoms with E-state index in [9.17, 15) is 0 Å². The van der Waals surface area contributed by atoms with Crippen molar-refractivity contribution in [1.82, 2.24) is 9.97 Å². The number of nitrogens with zero attached hydrogens (tertiary/aromatic N) is 1. The average molecular weight is 346 g/mol. The first-order valence-corrected chi connectivity index (χ1v) is 9.08. The maximum absolute atomic E-state index is 4.52. The van der Waals surface area contributed by atoms with Gasteiger partial charge in [-0.3, -0.25) is 0 Å². The molecule has 5 rings (SSSR count). The molecule has 2 heterocycles. The molecule has 0 unspecified atom stereocenters. The Morgan fingerprint density at radius 1 is 0.519 bits per heavy atom. The second-order valence-electron chi connectivity index (χ2n) is 6.58. The number of pyridine rings is 1. The molecule has 0 amide bonds. The van der Waals surface area contributed by atoms with Gasteiger partial charge in [0, 0.05) is 17.1 Å². The van der Waals surface area contributed by atoms with E-state index in [0.29, 0.717) is 0 Å². The predicted octanol–water partition coefficient (Wildman–Crippen LogP) is 6.56. The molecule has 3 aromatic carbocycles. The molecule has 0 fully saturated rings. The van der Waals surface area contributed by atoms with Crippen LogP contribution in [0.2, 0.25) is 0 Å². The molecule has 2 heteroatoms. The number of hydrogen-bond acceptors (Lipinski definition) is 1. The highest BCUT2D eigenvalue weighted by Gasteiger charge is 2.15. The van der Waals surface area contributed by atoms with Crippen LogP contribution >= 0.6 is 0 Å². The van der Waals surface area contributed by atoms with Gasteiger partial charge in [0.05, 0.1) is 5.69 Å². The van der Waals surface area contributed by atoms with Crippen molar-refractivity contribution in [3.05, 3.63) is 103 Å². The fourth-order valence-electron chi connectivity index (χ4n) is 3.60. The van der Waals surface area contributed by atoms with E-state index >= 15 is 0 Å². The summed E-state index contributed by atoms with van der Waals surface area (Å²) in [5.41, 5.74) is 8.02. The first-order valence-electron chi connectivity index (χ1n) is 9.08. The Hall–Kier alpha value is -3.65. The second kappa shape index (κ2) is 6.58. The first-order chi connectivity index (χ1) is 13.4. The molecule has 0 aliphatic carbocycles. The number of hydrogen-bond donors (Lipinski definition) is 1. The van der Waals surface area contributed by atoms with Gasteiger partial charge in [0.25, 0.3) is 0 Å². The molecule has 0 radical (unpaired) electrons. The van der Waals surface area contributed by atoms with Crippen molar-refractivity contribution >= 4 is 11.0 Å². The number of aromatic nitrogens is 2. The van der Waals surface area contributed by atoms with Crippen LogP contribution in [0.1, 0.15) is 0 Å². The zero-order valence-electron chi connectivity index (χ0n) is 14.8. The Morgan fingerprint density at radius 3 is 1.81 bits per heavy atom. The smallest absolute Gasteiger partial charge is 0.138 e. The summed E-state index contributed by atoms with van der Waals surface area (Å²) in [6, 6.07) is 33.8. The lowest BCUT2D eigenvalue weighted by Gasteiger charge is -2.07. The second-order valence-corrected chi connectivity index (χ2v) is 6.58. The SMILES string of the molecule is c1ccc(-c2ccc(-c3c(-c4ccccc4)[nH]c4ncccc34)cc2)cc1. The third-order valence-corrected chi connectivity index (χ3v) is 4.91. The maximum atomic E-state index is 4.52. The number of aromatic amines is 1. The number of benzene rings is 3. The molecular formula is C25H18N2. The van der Waals surface area contributed by atoms with Gasteiger partial charge < -0.3 is 4.98 Å². The fourth-order valence-corrected chi connectivity index (χ4v) is 3.60. The van der Waals surface area contributed by atoms with Crippen LogP contribution in [-0.2, 0) is 0 Å². The van der Waals surface area contributed by atoms with Crippen LogP contribution in [-0.4, -0.2) is 9.97 Å². The highest BCUT2D eigenvalue weighted by Crippen LogP contribution is 2.38. The summed E-state index contributed by atoms with van der Waals surface area (Å²) in [5.74, 6) is 0. The molecule has 0 atom stereocenters. The van der Waals surface area contributed by atoms with Gasteiger partial charge in [0.2, 0.25) is 0 Å². The van der Waals surface area contributed by atoms with Crippen LogP contribution in [0.4, 0.5) is 0 Å². The Balaban J connectivity index is 1.68. The molecule has 128 valence electrons. The standard InChI is InChI=1S/C25H18N2/c1-3-8-18(9-4-1)19-13-15-20(16-14-19)23-22-12-7-17-26-25(22)27-24(23)21-10-5-2-6-11-21/h1-17H,(H,26,27). The van der Waals surface area contributed by atoms with Crippen LogP contribution in [0.3, 0.4) is 0 Å². The third-order valence-electron chi connectivity index (χ3n) is 4.91. The molecule has 0 spiro atoms. The summed E-state index contributed by atoms with van der Waals surface area (Å²) in [7, 11) is 0. The van der Waals surface area contributed by atoms with E-state index in [4.69, 9.17) is 0 Å². The highest BCUT2D eigenvalue weighted by molar-refractivity contribution is 6.02. The number of nitrogens with one attached hydrogen (secondary N) is 1. The normalized spacial score (nSPS) is 11.0. The van der Waals surface area contributed by atoms with Crippen molar-refractivity contribution in [2.75, 3.05) is 0 Å². The minimum absolute atomic E-state index is 0.915. The van der Waals surface area contributed by atoms with E-state index in [-0.39, 0.29) is 0 Å². The lowest BCUT2D eigenvalue weighted by molar-refractivity contribution is 1.32. The van der Waals surface area contributed by atoms with Crippen LogP contribution in [0.5, 0.6) is 0 Å². The van der Waals surface area contributed by atoms with E-state index in [1.807, 2.05) is 24.4 Å². The van der Waals surface area contributed by atoms with E-state index in [0.717, 1.165) is 22.3 Å². The van der Waals surface area contributed by atoms with Crippen LogP contribution in [0, 0.1) is 0 Å². The minimum atomic E-state index is 0.915. The largest absolute Gasteiger partial charge is 0.339 e. The Morgan fingerprint density at radius 2 is 1.11 bits per heavy atom. The van der Waals surface area contributed by atoms with Gasteiger partial charge >= 0.3 is 0 Å². The molecule has 0 bridgehead atoms. The number of fused-ring (bicyclic) bond motifs is 1. The molecule has 1 N–H and O–H groups in total. The lowest BCUT2D eigenvalue weighted by Crippen LogP contribution is -1.83. The quantitative estimate of drug-likeness (QED) is 0.393. The number of rotatable bonds is 3. The molecule has 27 heavy (non-hydrogen) atoms. The number of H-pyrrole nitrogens is 1. The van der Waals surface area contributed by atoms with Gasteiger partial charge in [-0.2, -0.15) is 0 Å². The summed E-state index contributed by atoms with van der Waals surface area (Å²) in [6.07, 6.45) is 1.83. The summed E-state index contributed by atoms with van der Waals surface area (Å²) in [4.78, 5) is 8.04. The van der Waals surface area contributed by atoms with Crippen molar-refractivity contribution in [1.29, 1.82) is 0 Å². The van der Waals surface area contributed by atoms with Crippen LogP contribution < -0.4 is 0 Å². The topological polar surface area (TPSA) is 28.7 Å². The van der Waals surface area contributed by atoms with E-state index in [1.165, 1.54) is 22.3 Å². The van der Waals surface area contributed by atoms with Crippen molar-refractivity contribution in [3.8, 4) is 33.5 Å². The molecule has 0 saturated carbocycles. The zero-order chi connectivity index (χ0) is 18.1. The zero-order valence-corrected chi connectivity index (χ0v) is 14.8. The van der Waals surface area contributed by atoms with E-state index in [2.05, 4.69) is 88.8 Å². The van der Waals surface area contributed by atoms with E-state index < -0.39 is 0 Å². The van der Waals surface area contributed by atoms with Gasteiger partial charge in [0.15, 0.2) is 0 Å². The highest BCUT2D eigenvalue weighted by atomic mass is 14.9. The van der Waals surface area contributed by atoms with Gasteiger partial charge in [-0.25, -0.2) is 4.98 Å². The van der Waals surface area contributed by atoms with Crippen LogP contribution in [0.25, 0.3) is 44.5 Å². The maximum Gasteiger partial charge on any atom is 0.138 e. The molecular weight excluding hydrogens is 328 g/mol. The third kappa shape index (κ3) is 2.81. The summed E-state index contributed by atoms with van der Waals surface area (Å²) in [5, 5.41) is 1.14. The summed E-state index contributed by atoms with van der Waals surface area (Å²) >= 11 is 0.